The summed E-state index contributed by atoms with van der Waals surface area (Å²) in [6.07, 6.45) is 7.77. The van der Waals surface area contributed by atoms with E-state index in [-0.39, 0.29) is 17.9 Å². The van der Waals surface area contributed by atoms with Crippen LogP contribution in [0.3, 0.4) is 0 Å². The Morgan fingerprint density at radius 2 is 1.92 bits per heavy atom. The first-order valence-electron chi connectivity index (χ1n) is 9.13. The fourth-order valence-electron chi connectivity index (χ4n) is 4.13. The van der Waals surface area contributed by atoms with Crippen molar-refractivity contribution >= 4 is 11.7 Å². The summed E-state index contributed by atoms with van der Waals surface area (Å²) in [6.45, 7) is 5.24. The SMILES string of the molecule is Cc1nccnc1N1C[C@H](NC(=O)C2CCOCC2)[C@@H](C2CC2)C1. The van der Waals surface area contributed by atoms with Gasteiger partial charge in [0.2, 0.25) is 5.91 Å². The van der Waals surface area contributed by atoms with E-state index in [1.807, 2.05) is 6.92 Å². The van der Waals surface area contributed by atoms with E-state index in [0.29, 0.717) is 19.1 Å². The lowest BCUT2D eigenvalue weighted by atomic mass is 9.95. The summed E-state index contributed by atoms with van der Waals surface area (Å²) in [5.41, 5.74) is 0.962. The Hall–Kier alpha value is -1.69. The monoisotopic (exact) mass is 330 g/mol. The van der Waals surface area contributed by atoms with Crippen LogP contribution in [-0.4, -0.2) is 48.2 Å². The first-order valence-corrected chi connectivity index (χ1v) is 9.13. The molecule has 2 aliphatic heterocycles. The molecule has 2 atom stereocenters. The van der Waals surface area contributed by atoms with Crippen molar-refractivity contribution in [2.75, 3.05) is 31.2 Å². The average molecular weight is 330 g/mol. The maximum Gasteiger partial charge on any atom is 0.223 e. The van der Waals surface area contributed by atoms with E-state index in [9.17, 15) is 4.79 Å². The molecule has 1 aliphatic carbocycles. The fraction of sp³-hybridized carbons (Fsp3) is 0.722. The van der Waals surface area contributed by atoms with Crippen molar-refractivity contribution in [3.63, 3.8) is 0 Å². The van der Waals surface area contributed by atoms with Crippen molar-refractivity contribution < 1.29 is 9.53 Å². The number of aryl methyl sites for hydroxylation is 1. The van der Waals surface area contributed by atoms with Crippen LogP contribution in [0.2, 0.25) is 0 Å². The van der Waals surface area contributed by atoms with Gasteiger partial charge in [0.15, 0.2) is 0 Å². The van der Waals surface area contributed by atoms with Crippen LogP contribution in [0.1, 0.15) is 31.4 Å². The third-order valence-electron chi connectivity index (χ3n) is 5.67. The maximum atomic E-state index is 12.6. The standard InChI is InChI=1S/C18H26N4O2/c1-12-17(20-7-6-19-12)22-10-15(13-2-3-13)16(11-22)21-18(23)14-4-8-24-9-5-14/h6-7,13-16H,2-5,8-11H2,1H3,(H,21,23)/t15-,16+/m1/s1. The summed E-state index contributed by atoms with van der Waals surface area (Å²) in [5.74, 6) is 2.59. The lowest BCUT2D eigenvalue weighted by molar-refractivity contribution is -0.128. The lowest BCUT2D eigenvalue weighted by Gasteiger charge is -2.25. The molecule has 0 spiro atoms. The molecule has 6 heteroatoms. The summed E-state index contributed by atoms with van der Waals surface area (Å²) in [6, 6.07) is 0.231. The Labute approximate surface area is 143 Å². The highest BCUT2D eigenvalue weighted by Gasteiger charge is 2.44. The molecule has 1 N–H and O–H groups in total. The van der Waals surface area contributed by atoms with Crippen LogP contribution < -0.4 is 10.2 Å². The fourth-order valence-corrected chi connectivity index (χ4v) is 4.13. The number of amides is 1. The Bertz CT molecular complexity index is 598. The molecule has 0 unspecified atom stereocenters. The maximum absolute atomic E-state index is 12.6. The minimum absolute atomic E-state index is 0.117. The molecule has 4 rings (SSSR count). The molecule has 0 aromatic carbocycles. The number of aromatic nitrogens is 2. The minimum Gasteiger partial charge on any atom is -0.381 e. The van der Waals surface area contributed by atoms with Crippen LogP contribution in [0.5, 0.6) is 0 Å². The Kier molecular flexibility index (Phi) is 4.39. The lowest BCUT2D eigenvalue weighted by Crippen LogP contribution is -2.45. The molecule has 130 valence electrons. The normalized spacial score (nSPS) is 28.1. The van der Waals surface area contributed by atoms with Gasteiger partial charge in [-0.05, 0) is 38.5 Å². The average Bonchev–Trinajstić information content (AvgIpc) is 3.37. The van der Waals surface area contributed by atoms with Gasteiger partial charge < -0.3 is 15.0 Å². The molecule has 1 aromatic rings. The second-order valence-corrected chi connectivity index (χ2v) is 7.37. The Morgan fingerprint density at radius 1 is 1.17 bits per heavy atom. The zero-order valence-corrected chi connectivity index (χ0v) is 14.3. The third-order valence-corrected chi connectivity index (χ3v) is 5.67. The van der Waals surface area contributed by atoms with E-state index in [1.165, 1.54) is 12.8 Å². The first kappa shape index (κ1) is 15.8. The van der Waals surface area contributed by atoms with Crippen molar-refractivity contribution in [1.82, 2.24) is 15.3 Å². The van der Waals surface area contributed by atoms with E-state index in [0.717, 1.165) is 43.4 Å². The molecular formula is C18H26N4O2. The summed E-state index contributed by atoms with van der Waals surface area (Å²) in [7, 11) is 0. The number of nitrogens with one attached hydrogen (secondary N) is 1. The van der Waals surface area contributed by atoms with Crippen molar-refractivity contribution in [3.05, 3.63) is 18.1 Å². The number of carbonyl (C=O) groups excluding carboxylic acids is 1. The van der Waals surface area contributed by atoms with Crippen molar-refractivity contribution in [3.8, 4) is 0 Å². The summed E-state index contributed by atoms with van der Waals surface area (Å²) in [5, 5.41) is 3.35. The van der Waals surface area contributed by atoms with Gasteiger partial charge in [0.05, 0.1) is 11.7 Å². The van der Waals surface area contributed by atoms with E-state index in [4.69, 9.17) is 4.74 Å². The first-order chi connectivity index (χ1) is 11.7. The van der Waals surface area contributed by atoms with E-state index >= 15 is 0 Å². The molecule has 6 nitrogen and oxygen atoms in total. The number of ether oxygens (including phenoxy) is 1. The van der Waals surface area contributed by atoms with Crippen molar-refractivity contribution in [2.45, 2.75) is 38.6 Å². The van der Waals surface area contributed by atoms with Crippen LogP contribution in [-0.2, 0) is 9.53 Å². The van der Waals surface area contributed by atoms with Gasteiger partial charge in [-0.15, -0.1) is 0 Å². The van der Waals surface area contributed by atoms with Gasteiger partial charge in [-0.25, -0.2) is 4.98 Å². The molecule has 3 fully saturated rings. The van der Waals surface area contributed by atoms with Gasteiger partial charge in [0.25, 0.3) is 0 Å². The molecular weight excluding hydrogens is 304 g/mol. The number of hydrogen-bond acceptors (Lipinski definition) is 5. The number of hydrogen-bond donors (Lipinski definition) is 1. The Balaban J connectivity index is 1.45. The molecule has 24 heavy (non-hydrogen) atoms. The number of anilines is 1. The van der Waals surface area contributed by atoms with E-state index in [1.54, 1.807) is 12.4 Å². The highest BCUT2D eigenvalue weighted by atomic mass is 16.5. The summed E-state index contributed by atoms with van der Waals surface area (Å²) < 4.78 is 5.37. The van der Waals surface area contributed by atoms with Gasteiger partial charge in [0, 0.05) is 50.5 Å². The van der Waals surface area contributed by atoms with Crippen molar-refractivity contribution in [2.24, 2.45) is 17.8 Å². The summed E-state index contributed by atoms with van der Waals surface area (Å²) in [4.78, 5) is 23.8. The van der Waals surface area contributed by atoms with Crippen LogP contribution in [0.4, 0.5) is 5.82 Å². The molecule has 2 saturated heterocycles. The second-order valence-electron chi connectivity index (χ2n) is 7.37. The smallest absolute Gasteiger partial charge is 0.223 e. The van der Waals surface area contributed by atoms with Gasteiger partial charge in [-0.3, -0.25) is 9.78 Å². The molecule has 3 aliphatic rings. The molecule has 1 aromatic heterocycles. The predicted molar refractivity (Wildman–Crippen MR) is 90.7 cm³/mol. The topological polar surface area (TPSA) is 67.4 Å². The van der Waals surface area contributed by atoms with Gasteiger partial charge in [0.1, 0.15) is 5.82 Å². The highest BCUT2D eigenvalue weighted by Crippen LogP contribution is 2.42. The van der Waals surface area contributed by atoms with E-state index < -0.39 is 0 Å². The molecule has 3 heterocycles. The highest BCUT2D eigenvalue weighted by molar-refractivity contribution is 5.79. The quantitative estimate of drug-likeness (QED) is 0.907. The number of rotatable bonds is 4. The molecule has 0 bridgehead atoms. The van der Waals surface area contributed by atoms with E-state index in [2.05, 4.69) is 20.2 Å². The minimum atomic E-state index is 0.117. The van der Waals surface area contributed by atoms with Gasteiger partial charge in [-0.2, -0.15) is 0 Å². The number of carbonyl (C=O) groups is 1. The third kappa shape index (κ3) is 3.24. The Morgan fingerprint density at radius 3 is 2.62 bits per heavy atom. The van der Waals surface area contributed by atoms with Crippen LogP contribution in [0.15, 0.2) is 12.4 Å². The van der Waals surface area contributed by atoms with Gasteiger partial charge in [-0.1, -0.05) is 0 Å². The zero-order valence-electron chi connectivity index (χ0n) is 14.3. The number of nitrogens with zero attached hydrogens (tertiary/aromatic N) is 3. The summed E-state index contributed by atoms with van der Waals surface area (Å²) >= 11 is 0. The second kappa shape index (κ2) is 6.67. The van der Waals surface area contributed by atoms with Gasteiger partial charge >= 0.3 is 0 Å². The largest absolute Gasteiger partial charge is 0.381 e. The predicted octanol–water partition coefficient (Wildman–Crippen LogP) is 1.54. The zero-order chi connectivity index (χ0) is 16.5. The van der Waals surface area contributed by atoms with Crippen LogP contribution in [0.25, 0.3) is 0 Å². The van der Waals surface area contributed by atoms with Crippen molar-refractivity contribution in [1.29, 1.82) is 0 Å². The molecule has 1 saturated carbocycles. The molecule has 0 radical (unpaired) electrons. The van der Waals surface area contributed by atoms with Crippen LogP contribution >= 0.6 is 0 Å². The molecule has 1 amide bonds. The van der Waals surface area contributed by atoms with Crippen LogP contribution in [0, 0.1) is 24.7 Å².